The maximum Gasteiger partial charge on any atom is 0.162 e. The van der Waals surface area contributed by atoms with Crippen LogP contribution in [0.3, 0.4) is 0 Å². The van der Waals surface area contributed by atoms with Gasteiger partial charge in [0, 0.05) is 5.04 Å². The molecule has 0 heterocycles. The van der Waals surface area contributed by atoms with Crippen LogP contribution < -0.4 is 31.1 Å². The third-order valence-corrected chi connectivity index (χ3v) is 24.9. The summed E-state index contributed by atoms with van der Waals surface area (Å²) in [6.45, 7) is 48.1. The lowest BCUT2D eigenvalue weighted by Gasteiger charge is -2.54. The Hall–Kier alpha value is -1.99. The minimum absolute atomic E-state index is 0.131. The summed E-state index contributed by atoms with van der Waals surface area (Å²) in [5.74, 6) is 0. The summed E-state index contributed by atoms with van der Waals surface area (Å²) in [6.07, 6.45) is 2.77. The van der Waals surface area contributed by atoms with Crippen LogP contribution in [-0.4, -0.2) is 32.3 Å². The SMILES string of the molecule is CC1=CC(C)([Si](c2c(C)ccc(C)c2[Si](C)(C)C)(c2c(C)ccc(C)c2[Si](C)(C)C)c2c(C)ccc(C)c2[Si](C)(C)C)C(C)=C1C. The number of aryl methyl sites for hydroxylation is 6. The Bertz CT molecular complexity index is 1610. The lowest BCUT2D eigenvalue weighted by molar-refractivity contribution is 0.869. The average molecular weight is 681 g/mol. The molecule has 0 radical (unpaired) electrons. The van der Waals surface area contributed by atoms with E-state index in [2.05, 4.69) is 171 Å². The summed E-state index contributed by atoms with van der Waals surface area (Å²) < 4.78 is 0. The van der Waals surface area contributed by atoms with E-state index < -0.39 is 32.3 Å². The number of allylic oxidation sites excluding steroid dienone is 4. The van der Waals surface area contributed by atoms with Gasteiger partial charge in [0.2, 0.25) is 0 Å². The highest BCUT2D eigenvalue weighted by molar-refractivity contribution is 7.21. The first-order chi connectivity index (χ1) is 20.8. The van der Waals surface area contributed by atoms with Gasteiger partial charge in [-0.3, -0.25) is 0 Å². The van der Waals surface area contributed by atoms with Crippen molar-refractivity contribution in [1.29, 1.82) is 0 Å². The minimum atomic E-state index is -2.98. The molecule has 0 saturated carbocycles. The van der Waals surface area contributed by atoms with Crippen molar-refractivity contribution in [3.63, 3.8) is 0 Å². The van der Waals surface area contributed by atoms with E-state index >= 15 is 0 Å². The standard InChI is InChI=1S/C42H64Si4/c1-27-20-23-30(4)39(36(27)43(11,12)13)46(42(10)26-33(7)34(8)35(42)9,40-31(5)24-21-28(2)37(40)44(14,15)16)41-32(6)25-22-29(3)38(41)45(17,18)19/h20-26H,1-19H3. The smallest absolute Gasteiger partial charge is 0.0730 e. The van der Waals surface area contributed by atoms with E-state index in [1.54, 1.807) is 36.7 Å². The molecule has 1 aliphatic rings. The van der Waals surface area contributed by atoms with E-state index in [1.807, 2.05) is 0 Å². The van der Waals surface area contributed by atoms with Gasteiger partial charge in [-0.25, -0.2) is 0 Å². The van der Waals surface area contributed by atoms with E-state index in [0.717, 1.165) is 0 Å². The molecule has 0 nitrogen and oxygen atoms in total. The summed E-state index contributed by atoms with van der Waals surface area (Å²) in [5.41, 5.74) is 13.6. The lowest BCUT2D eigenvalue weighted by atomic mass is 10.0. The molecular weight excluding hydrogens is 617 g/mol. The zero-order chi connectivity index (χ0) is 35.1. The Morgan fingerprint density at radius 3 is 0.826 bits per heavy atom. The van der Waals surface area contributed by atoms with Crippen LogP contribution in [-0.2, 0) is 0 Å². The number of rotatable bonds is 7. The van der Waals surface area contributed by atoms with E-state index in [4.69, 9.17) is 0 Å². The molecule has 4 rings (SSSR count). The monoisotopic (exact) mass is 680 g/mol. The van der Waals surface area contributed by atoms with E-state index in [9.17, 15) is 0 Å². The van der Waals surface area contributed by atoms with Crippen LogP contribution in [0.25, 0.3) is 0 Å². The summed E-state index contributed by atoms with van der Waals surface area (Å²) in [5, 5.41) is 10.3. The van der Waals surface area contributed by atoms with Crippen molar-refractivity contribution in [1.82, 2.24) is 0 Å². The molecule has 46 heavy (non-hydrogen) atoms. The number of benzene rings is 3. The Morgan fingerprint density at radius 1 is 0.391 bits per heavy atom. The largest absolute Gasteiger partial charge is 0.162 e. The van der Waals surface area contributed by atoms with Gasteiger partial charge in [-0.15, -0.1) is 0 Å². The molecular formula is C42H64Si4. The Balaban J connectivity index is 2.68. The van der Waals surface area contributed by atoms with Crippen molar-refractivity contribution in [2.45, 2.75) is 133 Å². The molecule has 0 fully saturated rings. The van der Waals surface area contributed by atoms with Gasteiger partial charge in [-0.05, 0) is 83.4 Å². The van der Waals surface area contributed by atoms with Gasteiger partial charge in [-0.1, -0.05) is 168 Å². The van der Waals surface area contributed by atoms with Crippen molar-refractivity contribution in [3.05, 3.63) is 92.6 Å². The molecule has 4 heteroatoms. The summed E-state index contributed by atoms with van der Waals surface area (Å²) in [7, 11) is -8.49. The molecule has 0 saturated heterocycles. The zero-order valence-electron chi connectivity index (χ0n) is 33.0. The Kier molecular flexibility index (Phi) is 9.49. The highest BCUT2D eigenvalue weighted by atomic mass is 28.3. The maximum atomic E-state index is 2.77. The van der Waals surface area contributed by atoms with Crippen LogP contribution >= 0.6 is 0 Å². The second-order valence-electron chi connectivity index (χ2n) is 18.1. The highest BCUT2D eigenvalue weighted by Crippen LogP contribution is 2.53. The molecule has 1 atom stereocenters. The quantitative estimate of drug-likeness (QED) is 0.173. The van der Waals surface area contributed by atoms with E-state index in [-0.39, 0.29) is 5.04 Å². The topological polar surface area (TPSA) is 0 Å². The fraction of sp³-hybridized carbons (Fsp3) is 0.476. The first-order valence-corrected chi connectivity index (χ1v) is 30.1. The fourth-order valence-corrected chi connectivity index (χ4v) is 28.6. The van der Waals surface area contributed by atoms with Gasteiger partial charge >= 0.3 is 0 Å². The van der Waals surface area contributed by atoms with Gasteiger partial charge in [0.1, 0.15) is 0 Å². The van der Waals surface area contributed by atoms with Crippen molar-refractivity contribution in [2.75, 3.05) is 0 Å². The van der Waals surface area contributed by atoms with Gasteiger partial charge in [0.25, 0.3) is 0 Å². The first kappa shape index (κ1) is 36.8. The fourth-order valence-electron chi connectivity index (χ4n) is 9.66. The second-order valence-corrected chi connectivity index (χ2v) is 37.2. The van der Waals surface area contributed by atoms with Gasteiger partial charge in [-0.2, -0.15) is 0 Å². The second kappa shape index (κ2) is 11.9. The van der Waals surface area contributed by atoms with Crippen LogP contribution in [0.4, 0.5) is 0 Å². The van der Waals surface area contributed by atoms with Crippen molar-refractivity contribution >= 4 is 63.4 Å². The predicted octanol–water partition coefficient (Wildman–Crippen LogP) is 8.70. The first-order valence-electron chi connectivity index (χ1n) is 17.6. The van der Waals surface area contributed by atoms with Crippen molar-refractivity contribution in [3.8, 4) is 0 Å². The third kappa shape index (κ3) is 5.53. The average Bonchev–Trinajstić information content (AvgIpc) is 3.10. The zero-order valence-corrected chi connectivity index (χ0v) is 37.0. The van der Waals surface area contributed by atoms with Crippen molar-refractivity contribution in [2.24, 2.45) is 0 Å². The maximum absolute atomic E-state index is 2.98. The molecule has 248 valence electrons. The van der Waals surface area contributed by atoms with Gasteiger partial charge in [0.05, 0.1) is 24.2 Å². The molecule has 0 spiro atoms. The van der Waals surface area contributed by atoms with Crippen LogP contribution in [0.1, 0.15) is 61.1 Å². The summed E-state index contributed by atoms with van der Waals surface area (Å²) in [4.78, 5) is 0. The molecule has 0 aliphatic heterocycles. The van der Waals surface area contributed by atoms with E-state index in [0.29, 0.717) is 0 Å². The molecule has 0 amide bonds. The summed E-state index contributed by atoms with van der Waals surface area (Å²) in [6, 6.07) is 14.8. The van der Waals surface area contributed by atoms with Crippen LogP contribution in [0.5, 0.6) is 0 Å². The molecule has 0 bridgehead atoms. The molecule has 0 aromatic heterocycles. The predicted molar refractivity (Wildman–Crippen MR) is 222 cm³/mol. The highest BCUT2D eigenvalue weighted by Gasteiger charge is 2.61. The van der Waals surface area contributed by atoms with E-state index in [1.165, 1.54) is 44.5 Å². The van der Waals surface area contributed by atoms with Gasteiger partial charge in [0.15, 0.2) is 8.07 Å². The minimum Gasteiger partial charge on any atom is -0.0730 e. The molecule has 1 aliphatic carbocycles. The Labute approximate surface area is 287 Å². The normalized spacial score (nSPS) is 18.0. The van der Waals surface area contributed by atoms with Gasteiger partial charge < -0.3 is 0 Å². The van der Waals surface area contributed by atoms with Crippen molar-refractivity contribution < 1.29 is 0 Å². The van der Waals surface area contributed by atoms with Crippen LogP contribution in [0.15, 0.2) is 59.2 Å². The molecule has 3 aromatic rings. The Morgan fingerprint density at radius 2 is 0.630 bits per heavy atom. The number of hydrogen-bond donors (Lipinski definition) is 0. The molecule has 0 N–H and O–H groups in total. The van der Waals surface area contributed by atoms with Crippen LogP contribution in [0.2, 0.25) is 64.0 Å². The molecule has 1 unspecified atom stereocenters. The van der Waals surface area contributed by atoms with Crippen LogP contribution in [0, 0.1) is 41.5 Å². The number of hydrogen-bond acceptors (Lipinski definition) is 0. The summed E-state index contributed by atoms with van der Waals surface area (Å²) >= 11 is 0. The molecule has 3 aromatic carbocycles. The third-order valence-electron chi connectivity index (χ3n) is 11.5. The lowest BCUT2D eigenvalue weighted by Crippen LogP contribution is -2.85.